The van der Waals surface area contributed by atoms with Gasteiger partial charge in [-0.05, 0) is 49.4 Å². The molecule has 1 aromatic rings. The van der Waals surface area contributed by atoms with E-state index in [2.05, 4.69) is 17.0 Å². The smallest absolute Gasteiger partial charge is 0.226 e. The highest BCUT2D eigenvalue weighted by molar-refractivity contribution is 6.30. The Labute approximate surface area is 131 Å². The van der Waals surface area contributed by atoms with Gasteiger partial charge in [0.05, 0.1) is 0 Å². The van der Waals surface area contributed by atoms with Gasteiger partial charge in [-0.15, -0.1) is 0 Å². The number of amides is 1. The number of hydrogen-bond acceptors (Lipinski definition) is 2. The Hall–Kier alpha value is -1.06. The summed E-state index contributed by atoms with van der Waals surface area (Å²) >= 11 is 5.94. The van der Waals surface area contributed by atoms with E-state index < -0.39 is 0 Å². The second-order valence-corrected chi connectivity index (χ2v) is 6.79. The SMILES string of the molecule is NC[C@H]1CCC[C@H]1C(=O)N1CCC(c2ccc(Cl)cc2)C1. The molecular weight excluding hydrogens is 284 g/mol. The maximum Gasteiger partial charge on any atom is 0.226 e. The molecule has 4 heteroatoms. The van der Waals surface area contributed by atoms with Gasteiger partial charge in [0, 0.05) is 29.9 Å². The van der Waals surface area contributed by atoms with Gasteiger partial charge in [0.25, 0.3) is 0 Å². The van der Waals surface area contributed by atoms with Crippen LogP contribution in [0.1, 0.15) is 37.2 Å². The highest BCUT2D eigenvalue weighted by atomic mass is 35.5. The molecule has 1 saturated heterocycles. The van der Waals surface area contributed by atoms with Crippen LogP contribution in [0, 0.1) is 11.8 Å². The number of carbonyl (C=O) groups is 1. The Morgan fingerprint density at radius 3 is 2.71 bits per heavy atom. The average molecular weight is 307 g/mol. The van der Waals surface area contributed by atoms with Gasteiger partial charge in [0.1, 0.15) is 0 Å². The molecule has 0 aromatic heterocycles. The predicted octanol–water partition coefficient (Wildman–Crippen LogP) is 3.03. The van der Waals surface area contributed by atoms with Gasteiger partial charge in [-0.1, -0.05) is 30.2 Å². The zero-order valence-electron chi connectivity index (χ0n) is 12.3. The summed E-state index contributed by atoms with van der Waals surface area (Å²) in [6.45, 7) is 2.36. The van der Waals surface area contributed by atoms with Crippen LogP contribution < -0.4 is 5.73 Å². The van der Waals surface area contributed by atoms with Crippen LogP contribution in [0.15, 0.2) is 24.3 Å². The van der Waals surface area contributed by atoms with Crippen molar-refractivity contribution in [3.8, 4) is 0 Å². The molecule has 114 valence electrons. The van der Waals surface area contributed by atoms with Crippen molar-refractivity contribution in [3.63, 3.8) is 0 Å². The van der Waals surface area contributed by atoms with Crippen LogP contribution in [0.25, 0.3) is 0 Å². The van der Waals surface area contributed by atoms with Gasteiger partial charge in [-0.2, -0.15) is 0 Å². The van der Waals surface area contributed by atoms with Crippen molar-refractivity contribution in [1.29, 1.82) is 0 Å². The summed E-state index contributed by atoms with van der Waals surface area (Å²) in [6.07, 6.45) is 4.32. The summed E-state index contributed by atoms with van der Waals surface area (Å²) in [5.74, 6) is 1.34. The highest BCUT2D eigenvalue weighted by Gasteiger charge is 2.37. The molecule has 3 rings (SSSR count). The van der Waals surface area contributed by atoms with Gasteiger partial charge < -0.3 is 10.6 Å². The molecule has 3 atom stereocenters. The number of nitrogens with zero attached hydrogens (tertiary/aromatic N) is 1. The van der Waals surface area contributed by atoms with E-state index in [1.54, 1.807) is 0 Å². The minimum atomic E-state index is 0.166. The molecule has 1 aliphatic heterocycles. The van der Waals surface area contributed by atoms with Crippen LogP contribution in [0.5, 0.6) is 0 Å². The number of nitrogens with two attached hydrogens (primary N) is 1. The van der Waals surface area contributed by atoms with E-state index in [-0.39, 0.29) is 5.92 Å². The zero-order valence-corrected chi connectivity index (χ0v) is 13.1. The Kier molecular flexibility index (Phi) is 4.51. The predicted molar refractivity (Wildman–Crippen MR) is 85.3 cm³/mol. The van der Waals surface area contributed by atoms with E-state index >= 15 is 0 Å². The monoisotopic (exact) mass is 306 g/mol. The molecule has 0 bridgehead atoms. The van der Waals surface area contributed by atoms with Crippen molar-refractivity contribution in [1.82, 2.24) is 4.90 Å². The number of carbonyl (C=O) groups excluding carboxylic acids is 1. The quantitative estimate of drug-likeness (QED) is 0.933. The summed E-state index contributed by atoms with van der Waals surface area (Å²) in [4.78, 5) is 14.8. The molecule has 3 nitrogen and oxygen atoms in total. The number of hydrogen-bond donors (Lipinski definition) is 1. The van der Waals surface area contributed by atoms with E-state index in [0.717, 1.165) is 43.8 Å². The largest absolute Gasteiger partial charge is 0.342 e. The number of rotatable bonds is 3. The number of halogens is 1. The summed E-state index contributed by atoms with van der Waals surface area (Å²) in [6, 6.07) is 8.03. The van der Waals surface area contributed by atoms with Crippen LogP contribution in [0.4, 0.5) is 0 Å². The lowest BCUT2D eigenvalue weighted by Gasteiger charge is -2.24. The first-order valence-electron chi connectivity index (χ1n) is 7.93. The number of likely N-dealkylation sites (tertiary alicyclic amines) is 1. The molecule has 2 N–H and O–H groups in total. The summed E-state index contributed by atoms with van der Waals surface area (Å²) in [5.41, 5.74) is 7.10. The second-order valence-electron chi connectivity index (χ2n) is 6.35. The van der Waals surface area contributed by atoms with Gasteiger partial charge >= 0.3 is 0 Å². The Morgan fingerprint density at radius 1 is 1.24 bits per heavy atom. The lowest BCUT2D eigenvalue weighted by atomic mass is 9.94. The minimum absolute atomic E-state index is 0.166. The van der Waals surface area contributed by atoms with Gasteiger partial charge in [0.2, 0.25) is 5.91 Å². The van der Waals surface area contributed by atoms with E-state index in [1.807, 2.05) is 12.1 Å². The third-order valence-corrected chi connectivity index (χ3v) is 5.37. The molecule has 0 radical (unpaired) electrons. The number of benzene rings is 1. The lowest BCUT2D eigenvalue weighted by Crippen LogP contribution is -2.37. The van der Waals surface area contributed by atoms with Crippen LogP contribution >= 0.6 is 11.6 Å². The van der Waals surface area contributed by atoms with Crippen LogP contribution in [-0.4, -0.2) is 30.4 Å². The third kappa shape index (κ3) is 3.09. The van der Waals surface area contributed by atoms with Crippen molar-refractivity contribution in [2.45, 2.75) is 31.6 Å². The van der Waals surface area contributed by atoms with Crippen molar-refractivity contribution < 1.29 is 4.79 Å². The molecule has 2 fully saturated rings. The fourth-order valence-electron chi connectivity index (χ4n) is 3.85. The average Bonchev–Trinajstić information content (AvgIpc) is 3.16. The first-order chi connectivity index (χ1) is 10.2. The fourth-order valence-corrected chi connectivity index (χ4v) is 3.97. The fraction of sp³-hybridized carbons (Fsp3) is 0.588. The lowest BCUT2D eigenvalue weighted by molar-refractivity contribution is -0.135. The molecule has 1 heterocycles. The molecule has 21 heavy (non-hydrogen) atoms. The Balaban J connectivity index is 1.64. The van der Waals surface area contributed by atoms with Gasteiger partial charge in [0.15, 0.2) is 0 Å². The molecule has 0 spiro atoms. The van der Waals surface area contributed by atoms with Crippen LogP contribution in [0.2, 0.25) is 5.02 Å². The molecule has 1 aromatic carbocycles. The molecule has 1 amide bonds. The Morgan fingerprint density at radius 2 is 2.00 bits per heavy atom. The van der Waals surface area contributed by atoms with Gasteiger partial charge in [-0.3, -0.25) is 4.79 Å². The maximum atomic E-state index is 12.7. The van der Waals surface area contributed by atoms with E-state index in [9.17, 15) is 4.79 Å². The van der Waals surface area contributed by atoms with Crippen molar-refractivity contribution >= 4 is 17.5 Å². The van der Waals surface area contributed by atoms with Crippen molar-refractivity contribution in [3.05, 3.63) is 34.9 Å². The normalized spacial score (nSPS) is 29.0. The van der Waals surface area contributed by atoms with E-state index in [0.29, 0.717) is 24.3 Å². The topological polar surface area (TPSA) is 46.3 Å². The molecule has 2 aliphatic rings. The van der Waals surface area contributed by atoms with Crippen LogP contribution in [-0.2, 0) is 4.79 Å². The first kappa shape index (κ1) is 14.9. The molecule has 1 saturated carbocycles. The maximum absolute atomic E-state index is 12.7. The van der Waals surface area contributed by atoms with E-state index in [4.69, 9.17) is 17.3 Å². The summed E-state index contributed by atoms with van der Waals surface area (Å²) in [7, 11) is 0. The van der Waals surface area contributed by atoms with Crippen molar-refractivity contribution in [2.75, 3.05) is 19.6 Å². The zero-order chi connectivity index (χ0) is 14.8. The minimum Gasteiger partial charge on any atom is -0.342 e. The Bertz CT molecular complexity index is 502. The molecule has 1 aliphatic carbocycles. The van der Waals surface area contributed by atoms with Crippen LogP contribution in [0.3, 0.4) is 0 Å². The molecular formula is C17H23ClN2O. The second kappa shape index (κ2) is 6.37. The van der Waals surface area contributed by atoms with Crippen molar-refractivity contribution in [2.24, 2.45) is 17.6 Å². The summed E-state index contributed by atoms with van der Waals surface area (Å²) in [5, 5.41) is 0.765. The van der Waals surface area contributed by atoms with E-state index in [1.165, 1.54) is 5.56 Å². The third-order valence-electron chi connectivity index (χ3n) is 5.12. The van der Waals surface area contributed by atoms with Gasteiger partial charge in [-0.25, -0.2) is 0 Å². The molecule has 1 unspecified atom stereocenters. The summed E-state index contributed by atoms with van der Waals surface area (Å²) < 4.78 is 0. The first-order valence-corrected chi connectivity index (χ1v) is 8.31. The standard InChI is InChI=1S/C17H23ClN2O/c18-15-6-4-12(5-7-15)14-8-9-20(11-14)17(21)16-3-1-2-13(16)10-19/h4-7,13-14,16H,1-3,8-11,19H2/t13-,14?,16-/m1/s1. The highest BCUT2D eigenvalue weighted by Crippen LogP contribution is 2.35.